The van der Waals surface area contributed by atoms with Crippen LogP contribution >= 0.6 is 0 Å². The zero-order valence-electron chi connectivity index (χ0n) is 13.0. The second-order valence-electron chi connectivity index (χ2n) is 6.21. The first-order valence-electron chi connectivity index (χ1n) is 8.10. The van der Waals surface area contributed by atoms with Crippen molar-refractivity contribution in [2.75, 3.05) is 20.1 Å². The molecule has 3 atom stereocenters. The molecule has 1 aliphatic carbocycles. The van der Waals surface area contributed by atoms with Crippen molar-refractivity contribution >= 4 is 0 Å². The van der Waals surface area contributed by atoms with Gasteiger partial charge in [-0.3, -0.25) is 0 Å². The van der Waals surface area contributed by atoms with Crippen LogP contribution in [0.4, 0.5) is 0 Å². The molecule has 0 saturated heterocycles. The molecule has 0 spiro atoms. The van der Waals surface area contributed by atoms with Crippen LogP contribution in [0.15, 0.2) is 0 Å². The molecule has 0 aromatic carbocycles. The molecular formula is C16H34N2. The summed E-state index contributed by atoms with van der Waals surface area (Å²) in [4.78, 5) is 2.62. The van der Waals surface area contributed by atoms with Crippen molar-refractivity contribution in [2.24, 2.45) is 5.92 Å². The van der Waals surface area contributed by atoms with Gasteiger partial charge in [-0.05, 0) is 58.2 Å². The third kappa shape index (κ3) is 5.71. The van der Waals surface area contributed by atoms with Crippen molar-refractivity contribution in [2.45, 2.75) is 77.8 Å². The molecule has 0 radical (unpaired) electrons. The first kappa shape index (κ1) is 16.0. The van der Waals surface area contributed by atoms with Crippen LogP contribution in [-0.4, -0.2) is 37.1 Å². The highest BCUT2D eigenvalue weighted by atomic mass is 15.1. The molecule has 1 rings (SSSR count). The molecule has 0 bridgehead atoms. The molecule has 0 aliphatic heterocycles. The fourth-order valence-corrected chi connectivity index (χ4v) is 3.31. The van der Waals surface area contributed by atoms with Crippen molar-refractivity contribution < 1.29 is 0 Å². The highest BCUT2D eigenvalue weighted by molar-refractivity contribution is 4.77. The minimum Gasteiger partial charge on any atom is -0.314 e. The second kappa shape index (κ2) is 8.92. The van der Waals surface area contributed by atoms with Gasteiger partial charge in [0.05, 0.1) is 0 Å². The Morgan fingerprint density at radius 3 is 2.67 bits per heavy atom. The highest BCUT2D eigenvalue weighted by Gasteiger charge is 2.21. The van der Waals surface area contributed by atoms with Gasteiger partial charge in [0.25, 0.3) is 0 Å². The molecule has 1 saturated carbocycles. The van der Waals surface area contributed by atoms with Gasteiger partial charge in [-0.1, -0.05) is 33.6 Å². The topological polar surface area (TPSA) is 15.3 Å². The number of nitrogens with zero attached hydrogens (tertiary/aromatic N) is 1. The molecule has 2 nitrogen and oxygen atoms in total. The van der Waals surface area contributed by atoms with Gasteiger partial charge in [-0.15, -0.1) is 0 Å². The van der Waals surface area contributed by atoms with Crippen LogP contribution in [0.3, 0.4) is 0 Å². The maximum atomic E-state index is 3.57. The monoisotopic (exact) mass is 254 g/mol. The first-order chi connectivity index (χ1) is 8.67. The van der Waals surface area contributed by atoms with Crippen LogP contribution < -0.4 is 5.32 Å². The standard InChI is InChI=1S/C16H34N2/c1-5-15(17-6-2)10-8-12-18(4)16-11-7-9-14(3)13-16/h14-17H,5-13H2,1-4H3. The Hall–Kier alpha value is -0.0800. The normalized spacial score (nSPS) is 26.5. The summed E-state index contributed by atoms with van der Waals surface area (Å²) in [5.74, 6) is 0.941. The maximum absolute atomic E-state index is 3.57. The molecule has 108 valence electrons. The minimum absolute atomic E-state index is 0.730. The fraction of sp³-hybridized carbons (Fsp3) is 1.00. The summed E-state index contributed by atoms with van der Waals surface area (Å²) in [6.45, 7) is 9.30. The van der Waals surface area contributed by atoms with Crippen LogP contribution in [0, 0.1) is 5.92 Å². The van der Waals surface area contributed by atoms with E-state index in [-0.39, 0.29) is 0 Å². The Bertz CT molecular complexity index is 205. The van der Waals surface area contributed by atoms with Crippen LogP contribution in [0.25, 0.3) is 0 Å². The predicted octanol–water partition coefficient (Wildman–Crippen LogP) is 3.67. The van der Waals surface area contributed by atoms with Crippen molar-refractivity contribution in [3.05, 3.63) is 0 Å². The lowest BCUT2D eigenvalue weighted by molar-refractivity contribution is 0.160. The Morgan fingerprint density at radius 1 is 1.28 bits per heavy atom. The van der Waals surface area contributed by atoms with Crippen LogP contribution in [0.5, 0.6) is 0 Å². The summed E-state index contributed by atoms with van der Waals surface area (Å²) in [5, 5.41) is 3.57. The van der Waals surface area contributed by atoms with Gasteiger partial charge in [0, 0.05) is 12.1 Å². The zero-order chi connectivity index (χ0) is 13.4. The summed E-state index contributed by atoms with van der Waals surface area (Å²) < 4.78 is 0. The summed E-state index contributed by atoms with van der Waals surface area (Å²) in [7, 11) is 2.33. The Morgan fingerprint density at radius 2 is 2.06 bits per heavy atom. The van der Waals surface area contributed by atoms with Crippen molar-refractivity contribution in [1.29, 1.82) is 0 Å². The van der Waals surface area contributed by atoms with E-state index in [1.165, 1.54) is 51.5 Å². The predicted molar refractivity (Wildman–Crippen MR) is 81.0 cm³/mol. The van der Waals surface area contributed by atoms with E-state index in [1.807, 2.05) is 0 Å². The number of hydrogen-bond acceptors (Lipinski definition) is 2. The number of rotatable bonds is 8. The Balaban J connectivity index is 2.17. The van der Waals surface area contributed by atoms with Crippen LogP contribution in [0.1, 0.15) is 65.7 Å². The van der Waals surface area contributed by atoms with Gasteiger partial charge in [0.2, 0.25) is 0 Å². The largest absolute Gasteiger partial charge is 0.314 e. The van der Waals surface area contributed by atoms with Gasteiger partial charge in [-0.25, -0.2) is 0 Å². The molecular weight excluding hydrogens is 220 g/mol. The Labute approximate surface area is 115 Å². The maximum Gasteiger partial charge on any atom is 0.00947 e. The zero-order valence-corrected chi connectivity index (χ0v) is 13.0. The molecule has 0 heterocycles. The lowest BCUT2D eigenvalue weighted by Gasteiger charge is -2.34. The lowest BCUT2D eigenvalue weighted by Crippen LogP contribution is -2.37. The average Bonchev–Trinajstić information content (AvgIpc) is 2.37. The number of nitrogens with one attached hydrogen (secondary N) is 1. The van der Waals surface area contributed by atoms with E-state index in [1.54, 1.807) is 0 Å². The van der Waals surface area contributed by atoms with Gasteiger partial charge in [0.15, 0.2) is 0 Å². The summed E-state index contributed by atoms with van der Waals surface area (Å²) in [6, 6.07) is 1.58. The molecule has 3 unspecified atom stereocenters. The highest BCUT2D eigenvalue weighted by Crippen LogP contribution is 2.26. The minimum atomic E-state index is 0.730. The van der Waals surface area contributed by atoms with Gasteiger partial charge in [-0.2, -0.15) is 0 Å². The van der Waals surface area contributed by atoms with E-state index in [4.69, 9.17) is 0 Å². The van der Waals surface area contributed by atoms with Gasteiger partial charge in [0.1, 0.15) is 0 Å². The van der Waals surface area contributed by atoms with Crippen LogP contribution in [-0.2, 0) is 0 Å². The van der Waals surface area contributed by atoms with Crippen LogP contribution in [0.2, 0.25) is 0 Å². The van der Waals surface area contributed by atoms with E-state index in [9.17, 15) is 0 Å². The van der Waals surface area contributed by atoms with Crippen molar-refractivity contribution in [1.82, 2.24) is 10.2 Å². The van der Waals surface area contributed by atoms with Crippen molar-refractivity contribution in [3.8, 4) is 0 Å². The third-order valence-corrected chi connectivity index (χ3v) is 4.58. The van der Waals surface area contributed by atoms with Gasteiger partial charge >= 0.3 is 0 Å². The molecule has 1 N–H and O–H groups in total. The van der Waals surface area contributed by atoms with E-state index >= 15 is 0 Å². The molecule has 18 heavy (non-hydrogen) atoms. The van der Waals surface area contributed by atoms with E-state index in [2.05, 4.69) is 38.0 Å². The SMILES string of the molecule is CCNC(CC)CCCN(C)C1CCCC(C)C1. The second-order valence-corrected chi connectivity index (χ2v) is 6.21. The smallest absolute Gasteiger partial charge is 0.00947 e. The molecule has 1 fully saturated rings. The molecule has 1 aliphatic rings. The molecule has 0 amide bonds. The quantitative estimate of drug-likeness (QED) is 0.711. The average molecular weight is 254 g/mol. The fourth-order valence-electron chi connectivity index (χ4n) is 3.31. The van der Waals surface area contributed by atoms with E-state index in [0.29, 0.717) is 0 Å². The summed E-state index contributed by atoms with van der Waals surface area (Å²) in [5.41, 5.74) is 0. The van der Waals surface area contributed by atoms with Gasteiger partial charge < -0.3 is 10.2 Å². The van der Waals surface area contributed by atoms with E-state index < -0.39 is 0 Å². The molecule has 2 heteroatoms. The summed E-state index contributed by atoms with van der Waals surface area (Å²) >= 11 is 0. The van der Waals surface area contributed by atoms with Crippen molar-refractivity contribution in [3.63, 3.8) is 0 Å². The summed E-state index contributed by atoms with van der Waals surface area (Å²) in [6.07, 6.45) is 9.65. The Kier molecular flexibility index (Phi) is 7.92. The molecule has 0 aromatic heterocycles. The molecule has 0 aromatic rings. The number of hydrogen-bond donors (Lipinski definition) is 1. The third-order valence-electron chi connectivity index (χ3n) is 4.58. The van der Waals surface area contributed by atoms with E-state index in [0.717, 1.165) is 24.5 Å². The lowest BCUT2D eigenvalue weighted by atomic mass is 9.86. The first-order valence-corrected chi connectivity index (χ1v) is 8.10.